The van der Waals surface area contributed by atoms with Gasteiger partial charge in [-0.05, 0) is 91.6 Å². The smallest absolute Gasteiger partial charge is 0.241 e. The number of anilines is 1. The van der Waals surface area contributed by atoms with Gasteiger partial charge >= 0.3 is 0 Å². The second-order valence-corrected chi connectivity index (χ2v) is 13.3. The molecule has 2 unspecified atom stereocenters. The number of carbonyl (C=O) groups excluding carboxylic acids is 1. The molecule has 46 heavy (non-hydrogen) atoms. The van der Waals surface area contributed by atoms with E-state index in [1.165, 1.54) is 22.3 Å². The minimum Gasteiger partial charge on any atom is -0.493 e. The number of aryl methyl sites for hydroxylation is 1. The monoisotopic (exact) mass is 622 g/mol. The Hall–Kier alpha value is -3.77. The highest BCUT2D eigenvalue weighted by Gasteiger charge is 2.65. The summed E-state index contributed by atoms with van der Waals surface area (Å²) < 4.78 is 18.1. The molecule has 0 radical (unpaired) electrons. The van der Waals surface area contributed by atoms with E-state index < -0.39 is 0 Å². The molecule has 1 spiro atoms. The fourth-order valence-corrected chi connectivity index (χ4v) is 7.85. The molecule has 6 heteroatoms. The number of likely N-dealkylation sites (tertiary alicyclic amines) is 1. The van der Waals surface area contributed by atoms with Crippen molar-refractivity contribution in [3.63, 3.8) is 0 Å². The van der Waals surface area contributed by atoms with Crippen LogP contribution in [0.25, 0.3) is 6.08 Å². The first-order chi connectivity index (χ1) is 22.4. The van der Waals surface area contributed by atoms with E-state index in [0.717, 1.165) is 81.0 Å². The second kappa shape index (κ2) is 13.9. The van der Waals surface area contributed by atoms with Crippen LogP contribution >= 0.6 is 0 Å². The predicted octanol–water partition coefficient (Wildman–Crippen LogP) is 8.35. The number of hydrogen-bond donors (Lipinski definition) is 0. The molecule has 2 heterocycles. The number of hydrogen-bond acceptors (Lipinski definition) is 5. The molecule has 0 N–H and O–H groups in total. The Morgan fingerprint density at radius 3 is 2.57 bits per heavy atom. The number of nitrogens with zero attached hydrogens (tertiary/aromatic N) is 2. The highest BCUT2D eigenvalue weighted by molar-refractivity contribution is 5.96. The third-order valence-corrected chi connectivity index (χ3v) is 10.3. The van der Waals surface area contributed by atoms with Crippen molar-refractivity contribution in [2.24, 2.45) is 0 Å². The number of ether oxygens (including phenoxy) is 3. The Labute approximate surface area is 275 Å². The van der Waals surface area contributed by atoms with Gasteiger partial charge in [0, 0.05) is 31.1 Å². The van der Waals surface area contributed by atoms with Gasteiger partial charge in [0.05, 0.1) is 25.8 Å². The van der Waals surface area contributed by atoms with Crippen molar-refractivity contribution in [1.82, 2.24) is 4.90 Å². The first-order valence-electron chi connectivity index (χ1n) is 17.3. The van der Waals surface area contributed by atoms with Crippen molar-refractivity contribution in [3.8, 4) is 17.2 Å². The van der Waals surface area contributed by atoms with Crippen LogP contribution in [0.4, 0.5) is 5.69 Å². The summed E-state index contributed by atoms with van der Waals surface area (Å²) in [4.78, 5) is 19.3. The van der Waals surface area contributed by atoms with Gasteiger partial charge < -0.3 is 19.1 Å². The largest absolute Gasteiger partial charge is 0.493 e. The van der Waals surface area contributed by atoms with Gasteiger partial charge in [-0.1, -0.05) is 69.2 Å². The summed E-state index contributed by atoms with van der Waals surface area (Å²) in [5, 5.41) is 0. The molecular weight excluding hydrogens is 572 g/mol. The van der Waals surface area contributed by atoms with Crippen molar-refractivity contribution < 1.29 is 19.0 Å². The second-order valence-electron chi connectivity index (χ2n) is 13.3. The minimum atomic E-state index is -0.195. The normalized spacial score (nSPS) is 22.0. The van der Waals surface area contributed by atoms with Crippen LogP contribution in [0, 0.1) is 6.92 Å². The summed E-state index contributed by atoms with van der Waals surface area (Å²) in [7, 11) is 1.68. The summed E-state index contributed by atoms with van der Waals surface area (Å²) in [6.07, 6.45) is 11.1. The molecule has 2 aliphatic heterocycles. The maximum absolute atomic E-state index is 14.7. The standard InChI is InChI=1S/C40H50N2O4/c1-6-11-29-16-18-34(22-28(29)4)42(33(12-7-2)13-8-3)39(43)27-41-26-32(30-17-19-35-31(23-30)20-21-45-35)24-40(41)25-38(40)46-37-15-10-9-14-36(37)44-5/h6,9-11,14-19,22-23,32-33,38H,7-8,12-13,20-21,24-27H2,1-5H3/b11-6+/t32-,38?,40?/m1/s1. The highest BCUT2D eigenvalue weighted by Crippen LogP contribution is 2.56. The summed E-state index contributed by atoms with van der Waals surface area (Å²) in [6.45, 7) is 10.6. The fraction of sp³-hybridized carbons (Fsp3) is 0.475. The predicted molar refractivity (Wildman–Crippen MR) is 186 cm³/mol. The summed E-state index contributed by atoms with van der Waals surface area (Å²) in [5.74, 6) is 3.01. The van der Waals surface area contributed by atoms with Crippen LogP contribution in [0.5, 0.6) is 17.2 Å². The maximum Gasteiger partial charge on any atom is 0.241 e. The Morgan fingerprint density at radius 1 is 1.07 bits per heavy atom. The molecule has 1 amide bonds. The van der Waals surface area contributed by atoms with Crippen LogP contribution < -0.4 is 19.1 Å². The summed E-state index contributed by atoms with van der Waals surface area (Å²) in [6, 6.07) is 21.2. The molecule has 6 rings (SSSR count). The van der Waals surface area contributed by atoms with E-state index in [2.05, 4.69) is 79.1 Å². The van der Waals surface area contributed by atoms with Crippen LogP contribution in [-0.2, 0) is 11.2 Å². The van der Waals surface area contributed by atoms with E-state index in [4.69, 9.17) is 14.2 Å². The molecule has 0 aromatic heterocycles. The Kier molecular flexibility index (Phi) is 9.74. The number of amides is 1. The topological polar surface area (TPSA) is 51.2 Å². The maximum atomic E-state index is 14.7. The van der Waals surface area contributed by atoms with E-state index in [-0.39, 0.29) is 23.6 Å². The van der Waals surface area contributed by atoms with Gasteiger partial charge in [0.2, 0.25) is 5.91 Å². The van der Waals surface area contributed by atoms with E-state index >= 15 is 0 Å². The van der Waals surface area contributed by atoms with Gasteiger partial charge in [-0.3, -0.25) is 9.69 Å². The Balaban J connectivity index is 1.31. The zero-order chi connectivity index (χ0) is 32.3. The van der Waals surface area contributed by atoms with Crippen LogP contribution in [0.2, 0.25) is 0 Å². The molecule has 6 nitrogen and oxygen atoms in total. The van der Waals surface area contributed by atoms with E-state index in [1.807, 2.05) is 31.2 Å². The number of fused-ring (bicyclic) bond motifs is 1. The van der Waals surface area contributed by atoms with Gasteiger partial charge in [-0.2, -0.15) is 0 Å². The minimum absolute atomic E-state index is 0.00255. The molecule has 0 bridgehead atoms. The lowest BCUT2D eigenvalue weighted by Crippen LogP contribution is -2.48. The molecule has 2 fully saturated rings. The molecule has 3 aliphatic rings. The van der Waals surface area contributed by atoms with E-state index in [9.17, 15) is 4.79 Å². The van der Waals surface area contributed by atoms with E-state index in [1.54, 1.807) is 7.11 Å². The molecule has 3 aromatic rings. The average molecular weight is 623 g/mol. The van der Waals surface area contributed by atoms with Gasteiger partial charge in [0.15, 0.2) is 11.5 Å². The lowest BCUT2D eigenvalue weighted by atomic mass is 9.93. The van der Waals surface area contributed by atoms with Gasteiger partial charge in [0.25, 0.3) is 0 Å². The van der Waals surface area contributed by atoms with Crippen LogP contribution in [-0.4, -0.2) is 55.3 Å². The molecule has 1 saturated heterocycles. The molecule has 1 aliphatic carbocycles. The number of allylic oxidation sites excluding steroid dienone is 1. The van der Waals surface area contributed by atoms with Gasteiger partial charge in [0.1, 0.15) is 11.9 Å². The Bertz CT molecular complexity index is 1560. The zero-order valence-electron chi connectivity index (χ0n) is 28.3. The van der Waals surface area contributed by atoms with Crippen LogP contribution in [0.3, 0.4) is 0 Å². The van der Waals surface area contributed by atoms with Crippen molar-refractivity contribution in [2.75, 3.05) is 31.7 Å². The number of rotatable bonds is 13. The number of carbonyl (C=O) groups is 1. The summed E-state index contributed by atoms with van der Waals surface area (Å²) in [5.41, 5.74) is 5.82. The molecule has 244 valence electrons. The number of methoxy groups -OCH3 is 1. The quantitative estimate of drug-likeness (QED) is 0.192. The third kappa shape index (κ3) is 6.42. The SMILES string of the molecule is C/C=C/c1ccc(N(C(=O)CN2C[C@H](c3ccc4c(c3)CCO4)CC23CC3Oc2ccccc2OC)C(CCC)CCC)cc1C. The van der Waals surface area contributed by atoms with Crippen LogP contribution in [0.15, 0.2) is 66.7 Å². The van der Waals surface area contributed by atoms with Crippen molar-refractivity contribution >= 4 is 17.7 Å². The van der Waals surface area contributed by atoms with Gasteiger partial charge in [-0.25, -0.2) is 0 Å². The number of para-hydroxylation sites is 2. The van der Waals surface area contributed by atoms with Gasteiger partial charge in [-0.15, -0.1) is 0 Å². The van der Waals surface area contributed by atoms with Crippen molar-refractivity contribution in [2.45, 2.75) is 96.2 Å². The first-order valence-corrected chi connectivity index (χ1v) is 17.3. The highest BCUT2D eigenvalue weighted by atomic mass is 16.5. The first kappa shape index (κ1) is 32.2. The average Bonchev–Trinajstić information content (AvgIpc) is 3.35. The van der Waals surface area contributed by atoms with Crippen LogP contribution in [0.1, 0.15) is 87.5 Å². The lowest BCUT2D eigenvalue weighted by molar-refractivity contribution is -0.120. The number of benzene rings is 3. The zero-order valence-corrected chi connectivity index (χ0v) is 28.3. The third-order valence-electron chi connectivity index (χ3n) is 10.3. The lowest BCUT2D eigenvalue weighted by Gasteiger charge is -2.35. The fourth-order valence-electron chi connectivity index (χ4n) is 7.85. The molecule has 3 atom stereocenters. The van der Waals surface area contributed by atoms with Crippen molar-refractivity contribution in [3.05, 3.63) is 89.0 Å². The Morgan fingerprint density at radius 2 is 1.85 bits per heavy atom. The van der Waals surface area contributed by atoms with E-state index in [0.29, 0.717) is 12.5 Å². The molecule has 1 saturated carbocycles. The molecular formula is C40H50N2O4. The summed E-state index contributed by atoms with van der Waals surface area (Å²) >= 11 is 0. The van der Waals surface area contributed by atoms with Crippen molar-refractivity contribution in [1.29, 1.82) is 0 Å². The molecule has 3 aromatic carbocycles.